The van der Waals surface area contributed by atoms with Crippen LogP contribution in [0.2, 0.25) is 0 Å². The molecular formula is C18H26N8S. The lowest BCUT2D eigenvalue weighted by atomic mass is 10.3. The Morgan fingerprint density at radius 2 is 2.07 bits per heavy atom. The van der Waals surface area contributed by atoms with Gasteiger partial charge in [-0.1, -0.05) is 30.4 Å². The lowest BCUT2D eigenvalue weighted by Gasteiger charge is -2.12. The van der Waals surface area contributed by atoms with Crippen molar-refractivity contribution in [1.29, 1.82) is 0 Å². The van der Waals surface area contributed by atoms with Gasteiger partial charge in [-0.05, 0) is 19.1 Å². The number of anilines is 1. The van der Waals surface area contributed by atoms with Crippen LogP contribution in [0.15, 0.2) is 35.6 Å². The highest BCUT2D eigenvalue weighted by Crippen LogP contribution is 2.24. The molecule has 8 nitrogen and oxygen atoms in total. The monoisotopic (exact) mass is 386 g/mol. The molecule has 0 saturated heterocycles. The maximum atomic E-state index is 4.61. The van der Waals surface area contributed by atoms with E-state index in [1.807, 2.05) is 18.2 Å². The number of guanidine groups is 1. The summed E-state index contributed by atoms with van der Waals surface area (Å²) in [5.41, 5.74) is 1.03. The lowest BCUT2D eigenvalue weighted by Crippen LogP contribution is -2.39. The minimum absolute atomic E-state index is 0.665. The van der Waals surface area contributed by atoms with Gasteiger partial charge in [0.25, 0.3) is 0 Å². The molecule has 0 atom stereocenters. The summed E-state index contributed by atoms with van der Waals surface area (Å²) in [5, 5.41) is 19.0. The predicted molar refractivity (Wildman–Crippen MR) is 111 cm³/mol. The molecule has 0 aliphatic rings. The maximum Gasteiger partial charge on any atom is 0.191 e. The number of aromatic nitrogens is 4. The summed E-state index contributed by atoms with van der Waals surface area (Å²) >= 11 is 1.67. The molecule has 0 fully saturated rings. The molecule has 0 aliphatic heterocycles. The number of nitrogens with one attached hydrogen (secondary N) is 3. The fourth-order valence-electron chi connectivity index (χ4n) is 2.65. The van der Waals surface area contributed by atoms with E-state index in [4.69, 9.17) is 0 Å². The van der Waals surface area contributed by atoms with Gasteiger partial charge >= 0.3 is 0 Å². The molecule has 0 bridgehead atoms. The van der Waals surface area contributed by atoms with Crippen molar-refractivity contribution < 1.29 is 0 Å². The van der Waals surface area contributed by atoms with Gasteiger partial charge in [0.1, 0.15) is 12.2 Å². The molecule has 3 N–H and O–H groups in total. The number of benzene rings is 1. The number of para-hydroxylation sites is 1. The molecule has 1 aromatic carbocycles. The standard InChI is InChI=1S/C18H26N8S/c1-3-16-25-23-13-26(16)12-11-21-17(19-4-2)20-9-10-22-18-24-14-7-5-6-8-15(14)27-18/h5-8,13H,3-4,9-12H2,1-2H3,(H,22,24)(H2,19,20,21). The van der Waals surface area contributed by atoms with Crippen LogP contribution in [0.3, 0.4) is 0 Å². The van der Waals surface area contributed by atoms with Gasteiger partial charge in [-0.25, -0.2) is 4.98 Å². The molecule has 9 heteroatoms. The number of hydrogen-bond donors (Lipinski definition) is 3. The zero-order chi connectivity index (χ0) is 18.9. The number of aliphatic imine (C=N–C) groups is 1. The summed E-state index contributed by atoms with van der Waals surface area (Å²) in [6, 6.07) is 8.16. The second-order valence-electron chi connectivity index (χ2n) is 5.90. The molecule has 0 spiro atoms. The van der Waals surface area contributed by atoms with Crippen molar-refractivity contribution in [2.45, 2.75) is 26.8 Å². The molecule has 0 unspecified atom stereocenters. The molecule has 0 radical (unpaired) electrons. The van der Waals surface area contributed by atoms with E-state index in [1.165, 1.54) is 4.70 Å². The molecule has 2 aromatic heterocycles. The van der Waals surface area contributed by atoms with Gasteiger partial charge in [0, 0.05) is 32.6 Å². The quantitative estimate of drug-likeness (QED) is 0.296. The molecule has 3 rings (SSSR count). The van der Waals surface area contributed by atoms with Crippen LogP contribution in [-0.4, -0.2) is 51.9 Å². The second-order valence-corrected chi connectivity index (χ2v) is 6.93. The first-order valence-electron chi connectivity index (χ1n) is 9.28. The Labute approximate surface area is 163 Å². The minimum atomic E-state index is 0.665. The summed E-state index contributed by atoms with van der Waals surface area (Å²) in [5.74, 6) is 1.81. The van der Waals surface area contributed by atoms with Crippen molar-refractivity contribution in [3.05, 3.63) is 36.4 Å². The Hall–Kier alpha value is -2.68. The fraction of sp³-hybridized carbons (Fsp3) is 0.444. The highest BCUT2D eigenvalue weighted by molar-refractivity contribution is 7.22. The Morgan fingerprint density at radius 3 is 2.89 bits per heavy atom. The van der Waals surface area contributed by atoms with E-state index in [1.54, 1.807) is 17.7 Å². The van der Waals surface area contributed by atoms with Crippen molar-refractivity contribution in [3.63, 3.8) is 0 Å². The van der Waals surface area contributed by atoms with Gasteiger partial charge in [0.15, 0.2) is 11.1 Å². The lowest BCUT2D eigenvalue weighted by molar-refractivity contribution is 0.633. The average molecular weight is 387 g/mol. The topological polar surface area (TPSA) is 92.1 Å². The molecule has 27 heavy (non-hydrogen) atoms. The third kappa shape index (κ3) is 5.40. The third-order valence-corrected chi connectivity index (χ3v) is 4.95. The second kappa shape index (κ2) is 9.86. The number of nitrogens with zero attached hydrogens (tertiary/aromatic N) is 5. The first-order chi connectivity index (χ1) is 13.3. The summed E-state index contributed by atoms with van der Waals surface area (Å²) in [6.07, 6.45) is 2.65. The molecule has 0 saturated carbocycles. The van der Waals surface area contributed by atoms with Gasteiger partial charge in [-0.3, -0.25) is 4.99 Å². The van der Waals surface area contributed by atoms with E-state index >= 15 is 0 Å². The Kier molecular flexibility index (Phi) is 6.97. The molecule has 2 heterocycles. The van der Waals surface area contributed by atoms with E-state index in [0.717, 1.165) is 55.0 Å². The highest BCUT2D eigenvalue weighted by atomic mass is 32.1. The number of fused-ring (bicyclic) bond motifs is 1. The normalized spacial score (nSPS) is 11.7. The van der Waals surface area contributed by atoms with Gasteiger partial charge < -0.3 is 20.5 Å². The molecule has 144 valence electrons. The smallest absolute Gasteiger partial charge is 0.191 e. The van der Waals surface area contributed by atoms with Crippen LogP contribution in [0.4, 0.5) is 5.13 Å². The van der Waals surface area contributed by atoms with Crippen LogP contribution < -0.4 is 16.0 Å². The maximum absolute atomic E-state index is 4.61. The number of hydrogen-bond acceptors (Lipinski definition) is 6. The van der Waals surface area contributed by atoms with E-state index < -0.39 is 0 Å². The zero-order valence-electron chi connectivity index (χ0n) is 15.8. The van der Waals surface area contributed by atoms with Crippen molar-refractivity contribution in [2.75, 3.05) is 31.5 Å². The van der Waals surface area contributed by atoms with Crippen LogP contribution in [0.1, 0.15) is 19.7 Å². The van der Waals surface area contributed by atoms with Crippen molar-refractivity contribution >= 4 is 32.6 Å². The van der Waals surface area contributed by atoms with Gasteiger partial charge in [0.2, 0.25) is 0 Å². The fourth-order valence-corrected chi connectivity index (χ4v) is 3.55. The van der Waals surface area contributed by atoms with Crippen molar-refractivity contribution in [1.82, 2.24) is 30.4 Å². The zero-order valence-corrected chi connectivity index (χ0v) is 16.6. The minimum Gasteiger partial charge on any atom is -0.360 e. The van der Waals surface area contributed by atoms with E-state index in [2.05, 4.69) is 60.6 Å². The number of aryl methyl sites for hydroxylation is 1. The number of rotatable bonds is 9. The summed E-state index contributed by atoms with van der Waals surface area (Å²) < 4.78 is 3.25. The highest BCUT2D eigenvalue weighted by Gasteiger charge is 2.03. The van der Waals surface area contributed by atoms with Gasteiger partial charge in [-0.2, -0.15) is 0 Å². The van der Waals surface area contributed by atoms with Crippen LogP contribution in [0, 0.1) is 0 Å². The largest absolute Gasteiger partial charge is 0.360 e. The first-order valence-corrected chi connectivity index (χ1v) is 10.1. The summed E-state index contributed by atoms with van der Waals surface area (Å²) in [6.45, 7) is 7.94. The molecule has 0 amide bonds. The third-order valence-electron chi connectivity index (χ3n) is 3.95. The van der Waals surface area contributed by atoms with E-state index in [9.17, 15) is 0 Å². The number of thiazole rings is 1. The SMILES string of the molecule is CCNC(=NCCNc1nc2ccccc2s1)NCCn1cnnc1CC. The Bertz CT molecular complexity index is 836. The Balaban J connectivity index is 1.45. The first kappa shape index (κ1) is 19.1. The van der Waals surface area contributed by atoms with Gasteiger partial charge in [-0.15, -0.1) is 10.2 Å². The van der Waals surface area contributed by atoms with E-state index in [0.29, 0.717) is 6.54 Å². The van der Waals surface area contributed by atoms with E-state index in [-0.39, 0.29) is 0 Å². The van der Waals surface area contributed by atoms with Crippen LogP contribution in [0.5, 0.6) is 0 Å². The van der Waals surface area contributed by atoms with Gasteiger partial charge in [0.05, 0.1) is 16.8 Å². The molecular weight excluding hydrogens is 360 g/mol. The van der Waals surface area contributed by atoms with Crippen molar-refractivity contribution in [2.24, 2.45) is 4.99 Å². The Morgan fingerprint density at radius 1 is 1.19 bits per heavy atom. The molecule has 0 aliphatic carbocycles. The summed E-state index contributed by atoms with van der Waals surface area (Å²) in [7, 11) is 0. The van der Waals surface area contributed by atoms with Crippen molar-refractivity contribution in [3.8, 4) is 0 Å². The summed E-state index contributed by atoms with van der Waals surface area (Å²) in [4.78, 5) is 9.19. The van der Waals surface area contributed by atoms with Crippen LogP contribution in [0.25, 0.3) is 10.2 Å². The predicted octanol–water partition coefficient (Wildman–Crippen LogP) is 2.12. The van der Waals surface area contributed by atoms with Crippen LogP contribution in [-0.2, 0) is 13.0 Å². The average Bonchev–Trinajstić information content (AvgIpc) is 3.31. The molecule has 3 aromatic rings. The van der Waals surface area contributed by atoms with Crippen LogP contribution >= 0.6 is 11.3 Å².